The highest BCUT2D eigenvalue weighted by Gasteiger charge is 2.29. The lowest BCUT2D eigenvalue weighted by Gasteiger charge is -2.24. The van der Waals surface area contributed by atoms with E-state index in [1.807, 2.05) is 79.5 Å². The van der Waals surface area contributed by atoms with Crippen LogP contribution < -0.4 is 14.5 Å². The summed E-state index contributed by atoms with van der Waals surface area (Å²) in [6.07, 6.45) is 9.22. The summed E-state index contributed by atoms with van der Waals surface area (Å²) in [5.41, 5.74) is 12.2. The van der Waals surface area contributed by atoms with Crippen molar-refractivity contribution in [2.75, 3.05) is 16.5 Å². The third-order valence-electron chi connectivity index (χ3n) is 11.6. The standard InChI is InChI=1S/C53H39N7OS/c1-53(2,3)38-19-24-57-50(28-38)60-48-32-42(13-14-44(48)52-51(60)45-9-5-8-12-49(45)62-52)61-43-30-39(54-4)29-41(31-43)59-33-58(46-10-6-7-11-47(46)59)40-26-36(34-15-20-55-21-16-34)25-37(27-40)35-17-22-56-23-18-35/h5-32H,33H2,1-3H3. The summed E-state index contributed by atoms with van der Waals surface area (Å²) in [6.45, 7) is 15.4. The predicted molar refractivity (Wildman–Crippen MR) is 254 cm³/mol. The Bertz CT molecular complexity index is 3320. The van der Waals surface area contributed by atoms with E-state index >= 15 is 0 Å². The van der Waals surface area contributed by atoms with Crippen molar-refractivity contribution in [2.24, 2.45) is 0 Å². The smallest absolute Gasteiger partial charge is 0.192 e. The zero-order valence-electron chi connectivity index (χ0n) is 34.3. The van der Waals surface area contributed by atoms with E-state index < -0.39 is 0 Å². The number of hydrogen-bond donors (Lipinski definition) is 0. The molecule has 6 heterocycles. The second kappa shape index (κ2) is 14.7. The van der Waals surface area contributed by atoms with Crippen molar-refractivity contribution < 1.29 is 4.74 Å². The Morgan fingerprint density at radius 2 is 1.27 bits per heavy atom. The molecule has 1 aliphatic heterocycles. The SMILES string of the molecule is [C-]#[N+]c1cc(Oc2ccc3c4sc5ccccc5c4n(-c4cc(C(C)(C)C)ccn4)c3c2)cc(N2CN(c3cc(-c4ccncc4)cc(-c4ccncc4)c3)c3ccccc32)c1. The van der Waals surface area contributed by atoms with Crippen molar-refractivity contribution in [1.29, 1.82) is 0 Å². The minimum absolute atomic E-state index is 0.0452. The van der Waals surface area contributed by atoms with E-state index in [1.165, 1.54) is 20.3 Å². The first-order chi connectivity index (χ1) is 30.3. The summed E-state index contributed by atoms with van der Waals surface area (Å²) in [6, 6.07) is 48.2. The molecule has 0 spiro atoms. The molecule has 0 amide bonds. The van der Waals surface area contributed by atoms with Crippen LogP contribution in [0.1, 0.15) is 26.3 Å². The van der Waals surface area contributed by atoms with E-state index in [1.54, 1.807) is 11.3 Å². The second-order valence-corrected chi connectivity index (χ2v) is 17.6. The van der Waals surface area contributed by atoms with Gasteiger partial charge in [0.15, 0.2) is 5.69 Å². The summed E-state index contributed by atoms with van der Waals surface area (Å²) in [5, 5.41) is 2.34. The molecule has 0 bridgehead atoms. The van der Waals surface area contributed by atoms with Gasteiger partial charge in [-0.1, -0.05) is 51.1 Å². The fourth-order valence-electron chi connectivity index (χ4n) is 8.58. The average molecular weight is 822 g/mol. The van der Waals surface area contributed by atoms with E-state index in [9.17, 15) is 0 Å². The molecule has 0 unspecified atom stereocenters. The summed E-state index contributed by atoms with van der Waals surface area (Å²) in [7, 11) is 0. The topological polar surface area (TPSA) is 63.7 Å². The van der Waals surface area contributed by atoms with Crippen LogP contribution in [0.3, 0.4) is 0 Å². The molecule has 5 aromatic carbocycles. The van der Waals surface area contributed by atoms with Crippen LogP contribution in [0.2, 0.25) is 0 Å². The molecule has 0 atom stereocenters. The molecule has 0 fully saturated rings. The second-order valence-electron chi connectivity index (χ2n) is 16.6. The van der Waals surface area contributed by atoms with Gasteiger partial charge >= 0.3 is 0 Å². The number of thiophene rings is 1. The lowest BCUT2D eigenvalue weighted by Crippen LogP contribution is -2.24. The van der Waals surface area contributed by atoms with Gasteiger partial charge in [0.05, 0.1) is 33.7 Å². The molecule has 0 saturated heterocycles. The number of aromatic nitrogens is 4. The highest BCUT2D eigenvalue weighted by molar-refractivity contribution is 7.26. The first kappa shape index (κ1) is 37.2. The van der Waals surface area contributed by atoms with E-state index in [0.717, 1.165) is 67.2 Å². The van der Waals surface area contributed by atoms with Crippen LogP contribution >= 0.6 is 11.3 Å². The van der Waals surface area contributed by atoms with Crippen molar-refractivity contribution in [1.82, 2.24) is 19.5 Å². The van der Waals surface area contributed by atoms with Gasteiger partial charge in [-0.3, -0.25) is 14.5 Å². The molecule has 0 radical (unpaired) electrons. The van der Waals surface area contributed by atoms with Gasteiger partial charge in [-0.05, 0) is 130 Å². The van der Waals surface area contributed by atoms with Gasteiger partial charge in [0, 0.05) is 70.0 Å². The average Bonchev–Trinajstić information content (AvgIpc) is 3.98. The minimum Gasteiger partial charge on any atom is -0.459 e. The molecular weight excluding hydrogens is 783 g/mol. The number of fused-ring (bicyclic) bond motifs is 6. The van der Waals surface area contributed by atoms with Gasteiger partial charge in [-0.25, -0.2) is 9.83 Å². The Hall–Kier alpha value is -7.80. The van der Waals surface area contributed by atoms with Crippen LogP contribution in [0.4, 0.5) is 28.4 Å². The quantitative estimate of drug-likeness (QED) is 0.149. The van der Waals surface area contributed by atoms with Crippen molar-refractivity contribution in [3.05, 3.63) is 187 Å². The van der Waals surface area contributed by atoms with E-state index in [2.05, 4.69) is 141 Å². The number of anilines is 4. The Morgan fingerprint density at radius 1 is 0.613 bits per heavy atom. The van der Waals surface area contributed by atoms with Gasteiger partial charge in [-0.2, -0.15) is 0 Å². The summed E-state index contributed by atoms with van der Waals surface area (Å²) >= 11 is 1.80. The largest absolute Gasteiger partial charge is 0.459 e. The van der Waals surface area contributed by atoms with Gasteiger partial charge in [0.2, 0.25) is 0 Å². The summed E-state index contributed by atoms with van der Waals surface area (Å²) in [5.74, 6) is 2.13. The summed E-state index contributed by atoms with van der Waals surface area (Å²) < 4.78 is 11.5. The number of ether oxygens (including phenoxy) is 1. The molecule has 62 heavy (non-hydrogen) atoms. The number of para-hydroxylation sites is 2. The fraction of sp³-hybridized carbons (Fsp3) is 0.0943. The van der Waals surface area contributed by atoms with Crippen LogP contribution in [-0.4, -0.2) is 26.2 Å². The monoisotopic (exact) mass is 821 g/mol. The lowest BCUT2D eigenvalue weighted by molar-refractivity contribution is 0.483. The zero-order chi connectivity index (χ0) is 42.0. The third kappa shape index (κ3) is 6.49. The molecule has 9 heteroatoms. The van der Waals surface area contributed by atoms with Crippen molar-refractivity contribution in [3.63, 3.8) is 0 Å². The van der Waals surface area contributed by atoms with Crippen LogP contribution in [0.15, 0.2) is 171 Å². The maximum atomic E-state index is 8.14. The van der Waals surface area contributed by atoms with E-state index in [0.29, 0.717) is 23.9 Å². The molecule has 298 valence electrons. The Labute approximate surface area is 363 Å². The minimum atomic E-state index is -0.0452. The maximum Gasteiger partial charge on any atom is 0.192 e. The lowest BCUT2D eigenvalue weighted by atomic mass is 9.88. The molecule has 11 rings (SSSR count). The number of nitrogens with zero attached hydrogens (tertiary/aromatic N) is 7. The Kier molecular flexibility index (Phi) is 8.84. The van der Waals surface area contributed by atoms with Crippen LogP contribution in [-0.2, 0) is 5.41 Å². The van der Waals surface area contributed by atoms with Crippen LogP contribution in [0, 0.1) is 6.57 Å². The van der Waals surface area contributed by atoms with Crippen LogP contribution in [0.25, 0.3) is 64.1 Å². The number of hydrogen-bond acceptors (Lipinski definition) is 7. The van der Waals surface area contributed by atoms with E-state index in [-0.39, 0.29) is 5.41 Å². The van der Waals surface area contributed by atoms with Gasteiger partial charge in [0.25, 0.3) is 0 Å². The van der Waals surface area contributed by atoms with Crippen molar-refractivity contribution in [3.8, 4) is 39.6 Å². The molecule has 0 saturated carbocycles. The molecule has 1 aliphatic rings. The summed E-state index contributed by atoms with van der Waals surface area (Å²) in [4.78, 5) is 22.0. The van der Waals surface area contributed by atoms with Crippen LogP contribution in [0.5, 0.6) is 11.5 Å². The van der Waals surface area contributed by atoms with Gasteiger partial charge in [-0.15, -0.1) is 11.3 Å². The predicted octanol–water partition coefficient (Wildman–Crippen LogP) is 14.4. The molecule has 0 N–H and O–H groups in total. The third-order valence-corrected chi connectivity index (χ3v) is 12.8. The molecular formula is C53H39N7OS. The zero-order valence-corrected chi connectivity index (χ0v) is 35.1. The first-order valence-corrected chi connectivity index (χ1v) is 21.3. The normalized spacial score (nSPS) is 12.6. The van der Waals surface area contributed by atoms with E-state index in [4.69, 9.17) is 16.3 Å². The van der Waals surface area contributed by atoms with Crippen molar-refractivity contribution >= 4 is 71.0 Å². The number of benzene rings is 5. The molecule has 8 nitrogen and oxygen atoms in total. The molecule has 0 aliphatic carbocycles. The Morgan fingerprint density at radius 3 is 1.95 bits per heavy atom. The Balaban J connectivity index is 0.992. The van der Waals surface area contributed by atoms with Gasteiger partial charge < -0.3 is 14.5 Å². The molecule has 5 aromatic heterocycles. The number of rotatable bonds is 7. The molecule has 10 aromatic rings. The fourth-order valence-corrected chi connectivity index (χ4v) is 9.80. The van der Waals surface area contributed by atoms with Crippen molar-refractivity contribution in [2.45, 2.75) is 26.2 Å². The first-order valence-electron chi connectivity index (χ1n) is 20.5. The maximum absolute atomic E-state index is 8.14. The highest BCUT2D eigenvalue weighted by atomic mass is 32.1. The number of pyridine rings is 3. The van der Waals surface area contributed by atoms with Gasteiger partial charge in [0.1, 0.15) is 24.0 Å². The highest BCUT2D eigenvalue weighted by Crippen LogP contribution is 2.48.